The van der Waals surface area contributed by atoms with Gasteiger partial charge in [0.05, 0.1) is 0 Å². The maximum absolute atomic E-state index is 6.05. The fourth-order valence-electron chi connectivity index (χ4n) is 3.89. The van der Waals surface area contributed by atoms with Gasteiger partial charge in [0, 0.05) is 11.1 Å². The molecule has 3 atom stereocenters. The molecular weight excluding hydrogens is 278 g/mol. The van der Waals surface area contributed by atoms with E-state index >= 15 is 0 Å². The Bertz CT molecular complexity index is 437. The number of nitrogens with one attached hydrogen (secondary N) is 1. The molecule has 1 aliphatic carbocycles. The molecule has 0 heterocycles. The van der Waals surface area contributed by atoms with Crippen LogP contribution in [0.25, 0.3) is 0 Å². The Labute approximate surface area is 135 Å². The molecule has 1 nitrogen and oxygen atoms in total. The quantitative estimate of drug-likeness (QED) is 0.765. The molecule has 0 aliphatic heterocycles. The number of halogens is 1. The predicted octanol–water partition coefficient (Wildman–Crippen LogP) is 5.42. The van der Waals surface area contributed by atoms with Crippen molar-refractivity contribution in [2.45, 2.75) is 64.8 Å². The summed E-state index contributed by atoms with van der Waals surface area (Å²) >= 11 is 6.05. The topological polar surface area (TPSA) is 12.0 Å². The van der Waals surface area contributed by atoms with E-state index in [1.165, 1.54) is 31.2 Å². The fraction of sp³-hybridized carbons (Fsp3) is 0.684. The molecule has 1 saturated carbocycles. The van der Waals surface area contributed by atoms with Crippen LogP contribution in [0.1, 0.15) is 58.9 Å². The molecule has 1 fully saturated rings. The van der Waals surface area contributed by atoms with Gasteiger partial charge in [0.15, 0.2) is 0 Å². The summed E-state index contributed by atoms with van der Waals surface area (Å²) in [4.78, 5) is 0. The lowest BCUT2D eigenvalue weighted by molar-refractivity contribution is 0.145. The average molecular weight is 308 g/mol. The van der Waals surface area contributed by atoms with Crippen molar-refractivity contribution < 1.29 is 0 Å². The number of hydrogen-bond acceptors (Lipinski definition) is 1. The van der Waals surface area contributed by atoms with Crippen LogP contribution in [-0.4, -0.2) is 12.6 Å². The molecule has 2 heteroatoms. The van der Waals surface area contributed by atoms with Crippen molar-refractivity contribution in [1.82, 2.24) is 5.32 Å². The molecule has 1 aliphatic rings. The molecule has 118 valence electrons. The van der Waals surface area contributed by atoms with Gasteiger partial charge in [-0.15, -0.1) is 0 Å². The standard InChI is InChI=1S/C19H30ClN/c1-5-12-21-18-13-14(2)6-11-17(18)19(3,4)15-7-9-16(20)10-8-15/h7-10,14,17-18,21H,5-6,11-13H2,1-4H3. The van der Waals surface area contributed by atoms with Gasteiger partial charge in [-0.3, -0.25) is 0 Å². The summed E-state index contributed by atoms with van der Waals surface area (Å²) in [6, 6.07) is 9.10. The maximum atomic E-state index is 6.05. The van der Waals surface area contributed by atoms with E-state index in [1.807, 2.05) is 12.1 Å². The van der Waals surface area contributed by atoms with Crippen LogP contribution in [0.2, 0.25) is 5.02 Å². The second-order valence-corrected chi connectivity index (χ2v) is 7.75. The van der Waals surface area contributed by atoms with Crippen molar-refractivity contribution in [3.63, 3.8) is 0 Å². The Morgan fingerprint density at radius 2 is 1.86 bits per heavy atom. The van der Waals surface area contributed by atoms with Crippen molar-refractivity contribution in [1.29, 1.82) is 0 Å². The Balaban J connectivity index is 2.20. The lowest BCUT2D eigenvalue weighted by atomic mass is 9.63. The van der Waals surface area contributed by atoms with Crippen LogP contribution in [0.5, 0.6) is 0 Å². The molecule has 1 N–H and O–H groups in total. The molecule has 3 unspecified atom stereocenters. The number of benzene rings is 1. The van der Waals surface area contributed by atoms with Crippen LogP contribution in [-0.2, 0) is 5.41 Å². The van der Waals surface area contributed by atoms with Crippen molar-refractivity contribution in [3.8, 4) is 0 Å². The summed E-state index contributed by atoms with van der Waals surface area (Å²) in [6.45, 7) is 10.6. The zero-order valence-corrected chi connectivity index (χ0v) is 14.7. The summed E-state index contributed by atoms with van der Waals surface area (Å²) in [5, 5.41) is 4.64. The van der Waals surface area contributed by atoms with Crippen molar-refractivity contribution in [2.24, 2.45) is 11.8 Å². The van der Waals surface area contributed by atoms with E-state index in [4.69, 9.17) is 11.6 Å². The van der Waals surface area contributed by atoms with Gasteiger partial charge < -0.3 is 5.32 Å². The van der Waals surface area contributed by atoms with E-state index in [0.717, 1.165) is 17.5 Å². The molecule has 21 heavy (non-hydrogen) atoms. The number of hydrogen-bond donors (Lipinski definition) is 1. The zero-order chi connectivity index (χ0) is 15.5. The summed E-state index contributed by atoms with van der Waals surface area (Å²) in [5.74, 6) is 1.54. The lowest BCUT2D eigenvalue weighted by Crippen LogP contribution is -2.48. The summed E-state index contributed by atoms with van der Waals surface area (Å²) in [7, 11) is 0. The third-order valence-electron chi connectivity index (χ3n) is 5.28. The van der Waals surface area contributed by atoms with Crippen LogP contribution in [0.15, 0.2) is 24.3 Å². The largest absolute Gasteiger partial charge is 0.314 e. The van der Waals surface area contributed by atoms with Gasteiger partial charge in [-0.2, -0.15) is 0 Å². The van der Waals surface area contributed by atoms with E-state index in [1.54, 1.807) is 0 Å². The van der Waals surface area contributed by atoms with Gasteiger partial charge in [0.25, 0.3) is 0 Å². The van der Waals surface area contributed by atoms with Gasteiger partial charge in [0.2, 0.25) is 0 Å². The molecule has 1 aromatic carbocycles. The molecule has 0 aromatic heterocycles. The van der Waals surface area contributed by atoms with E-state index in [-0.39, 0.29) is 5.41 Å². The first-order chi connectivity index (χ1) is 9.95. The van der Waals surface area contributed by atoms with Crippen LogP contribution in [0.3, 0.4) is 0 Å². The average Bonchev–Trinajstić information content (AvgIpc) is 2.45. The fourth-order valence-corrected chi connectivity index (χ4v) is 4.02. The Morgan fingerprint density at radius 3 is 2.48 bits per heavy atom. The highest BCUT2D eigenvalue weighted by Crippen LogP contribution is 2.42. The maximum Gasteiger partial charge on any atom is 0.0406 e. The minimum atomic E-state index is 0.191. The SMILES string of the molecule is CCCNC1CC(C)CCC1C(C)(C)c1ccc(Cl)cc1. The molecule has 1 aromatic rings. The minimum absolute atomic E-state index is 0.191. The van der Waals surface area contributed by atoms with E-state index in [0.29, 0.717) is 12.0 Å². The third-order valence-corrected chi connectivity index (χ3v) is 5.54. The molecular formula is C19H30ClN. The Morgan fingerprint density at radius 1 is 1.19 bits per heavy atom. The highest BCUT2D eigenvalue weighted by Gasteiger charge is 2.39. The van der Waals surface area contributed by atoms with Gasteiger partial charge in [-0.05, 0) is 60.8 Å². The van der Waals surface area contributed by atoms with Crippen molar-refractivity contribution in [2.75, 3.05) is 6.54 Å². The Kier molecular flexibility index (Phi) is 5.73. The molecule has 2 rings (SSSR count). The summed E-state index contributed by atoms with van der Waals surface area (Å²) < 4.78 is 0. The molecule has 0 radical (unpaired) electrons. The second-order valence-electron chi connectivity index (χ2n) is 7.31. The van der Waals surface area contributed by atoms with E-state index < -0.39 is 0 Å². The monoisotopic (exact) mass is 307 g/mol. The number of rotatable bonds is 5. The van der Waals surface area contributed by atoms with Gasteiger partial charge in [-0.1, -0.05) is 57.8 Å². The molecule has 0 bridgehead atoms. The highest BCUT2D eigenvalue weighted by molar-refractivity contribution is 6.30. The third kappa shape index (κ3) is 4.02. The molecule has 0 spiro atoms. The normalized spacial score (nSPS) is 26.8. The van der Waals surface area contributed by atoms with Crippen LogP contribution in [0, 0.1) is 11.8 Å². The predicted molar refractivity (Wildman–Crippen MR) is 93.1 cm³/mol. The molecule has 0 saturated heterocycles. The first-order valence-electron chi connectivity index (χ1n) is 8.44. The van der Waals surface area contributed by atoms with Crippen molar-refractivity contribution >= 4 is 11.6 Å². The second kappa shape index (κ2) is 7.15. The van der Waals surface area contributed by atoms with Crippen LogP contribution < -0.4 is 5.32 Å². The van der Waals surface area contributed by atoms with Gasteiger partial charge in [-0.25, -0.2) is 0 Å². The van der Waals surface area contributed by atoms with Crippen LogP contribution in [0.4, 0.5) is 0 Å². The Hall–Kier alpha value is -0.530. The zero-order valence-electron chi connectivity index (χ0n) is 14.0. The van der Waals surface area contributed by atoms with Gasteiger partial charge >= 0.3 is 0 Å². The van der Waals surface area contributed by atoms with E-state index in [9.17, 15) is 0 Å². The summed E-state index contributed by atoms with van der Waals surface area (Å²) in [5.41, 5.74) is 1.60. The summed E-state index contributed by atoms with van der Waals surface area (Å²) in [6.07, 6.45) is 5.19. The lowest BCUT2D eigenvalue weighted by Gasteiger charge is -2.45. The first-order valence-corrected chi connectivity index (χ1v) is 8.82. The smallest absolute Gasteiger partial charge is 0.0406 e. The van der Waals surface area contributed by atoms with Crippen LogP contribution >= 0.6 is 11.6 Å². The molecule has 0 amide bonds. The first kappa shape index (κ1) is 16.8. The highest BCUT2D eigenvalue weighted by atomic mass is 35.5. The van der Waals surface area contributed by atoms with E-state index in [2.05, 4.69) is 45.1 Å². The van der Waals surface area contributed by atoms with Crippen molar-refractivity contribution in [3.05, 3.63) is 34.9 Å². The van der Waals surface area contributed by atoms with Gasteiger partial charge in [0.1, 0.15) is 0 Å². The minimum Gasteiger partial charge on any atom is -0.314 e.